The summed E-state index contributed by atoms with van der Waals surface area (Å²) in [4.78, 5) is 12.1. The van der Waals surface area contributed by atoms with Crippen LogP contribution in [0.4, 0.5) is 0 Å². The number of ketones is 1. The van der Waals surface area contributed by atoms with Gasteiger partial charge in [-0.15, -0.1) is 0 Å². The Hall–Kier alpha value is -0.930. The summed E-state index contributed by atoms with van der Waals surface area (Å²) in [7, 11) is 0. The molecule has 0 saturated heterocycles. The van der Waals surface area contributed by atoms with Crippen molar-refractivity contribution in [3.05, 3.63) is 23.8 Å². The van der Waals surface area contributed by atoms with Crippen LogP contribution in [0.25, 0.3) is 0 Å². The molecule has 0 aromatic carbocycles. The number of hydrogen-bond acceptors (Lipinski definition) is 3. The van der Waals surface area contributed by atoms with Crippen LogP contribution >= 0.6 is 0 Å². The van der Waals surface area contributed by atoms with Crippen molar-refractivity contribution in [3.63, 3.8) is 0 Å². The fourth-order valence-corrected chi connectivity index (χ4v) is 3.34. The van der Waals surface area contributed by atoms with E-state index in [-0.39, 0.29) is 30.3 Å². The summed E-state index contributed by atoms with van der Waals surface area (Å²) < 4.78 is 0. The number of allylic oxidation sites excluding steroid dienone is 2. The van der Waals surface area contributed by atoms with Gasteiger partial charge in [0, 0.05) is 18.6 Å². The van der Waals surface area contributed by atoms with Crippen LogP contribution < -0.4 is 0 Å². The van der Waals surface area contributed by atoms with Gasteiger partial charge in [-0.05, 0) is 36.5 Å². The minimum Gasteiger partial charge on any atom is -0.396 e. The van der Waals surface area contributed by atoms with Gasteiger partial charge in [0.05, 0.1) is 6.61 Å². The Balaban J connectivity index is 2.23. The van der Waals surface area contributed by atoms with Crippen LogP contribution in [-0.2, 0) is 4.79 Å². The molecule has 0 aliphatic heterocycles. The normalized spacial score (nSPS) is 36.9. The largest absolute Gasteiger partial charge is 0.396 e. The van der Waals surface area contributed by atoms with E-state index in [0.717, 1.165) is 19.3 Å². The molecule has 3 nitrogen and oxygen atoms in total. The van der Waals surface area contributed by atoms with Crippen LogP contribution in [-0.4, -0.2) is 29.2 Å². The molecule has 0 bridgehead atoms. The van der Waals surface area contributed by atoms with Gasteiger partial charge in [0.25, 0.3) is 0 Å². The molecule has 2 N–H and O–H groups in total. The minimum atomic E-state index is -0.182. The average molecular weight is 250 g/mol. The van der Waals surface area contributed by atoms with E-state index < -0.39 is 0 Å². The lowest BCUT2D eigenvalue weighted by Gasteiger charge is -2.53. The van der Waals surface area contributed by atoms with Crippen LogP contribution in [0.2, 0.25) is 0 Å². The topological polar surface area (TPSA) is 57.5 Å². The molecule has 0 aromatic rings. The molecule has 2 aliphatic carbocycles. The van der Waals surface area contributed by atoms with Gasteiger partial charge < -0.3 is 10.2 Å². The highest BCUT2D eigenvalue weighted by Gasteiger charge is 2.51. The maximum Gasteiger partial charge on any atom is 0.161 e. The number of carbonyl (C=O) groups excluding carboxylic acids is 1. The second-order valence-corrected chi connectivity index (χ2v) is 5.94. The molecular weight excluding hydrogens is 228 g/mol. The number of aliphatic hydroxyl groups excluding tert-OH is 2. The van der Waals surface area contributed by atoms with Crippen LogP contribution in [0.5, 0.6) is 0 Å². The highest BCUT2D eigenvalue weighted by Crippen LogP contribution is 2.56. The van der Waals surface area contributed by atoms with E-state index in [0.29, 0.717) is 17.9 Å². The first kappa shape index (κ1) is 13.5. The molecule has 3 atom stereocenters. The van der Waals surface area contributed by atoms with Crippen LogP contribution in [0.3, 0.4) is 0 Å². The maximum absolute atomic E-state index is 12.1. The van der Waals surface area contributed by atoms with Gasteiger partial charge in [0.15, 0.2) is 5.78 Å². The molecular formula is C15H22O3. The SMILES string of the molecule is C=C1CCC=C(CO)C(=O)C[C@@H]2[C@@H]1C[C@@]2(C)CO. The number of Topliss-reactive ketones (excluding diaryl/α,β-unsaturated/α-hetero) is 1. The van der Waals surface area contributed by atoms with E-state index in [1.807, 2.05) is 13.0 Å². The van der Waals surface area contributed by atoms with Gasteiger partial charge in [-0.25, -0.2) is 0 Å². The van der Waals surface area contributed by atoms with Crippen molar-refractivity contribution in [2.45, 2.75) is 32.6 Å². The third-order valence-electron chi connectivity index (χ3n) is 4.74. The highest BCUT2D eigenvalue weighted by molar-refractivity contribution is 5.95. The fraction of sp³-hybridized carbons (Fsp3) is 0.667. The van der Waals surface area contributed by atoms with Crippen molar-refractivity contribution in [1.29, 1.82) is 0 Å². The van der Waals surface area contributed by atoms with Gasteiger partial charge in [-0.3, -0.25) is 4.79 Å². The molecule has 0 unspecified atom stereocenters. The molecule has 0 amide bonds. The van der Waals surface area contributed by atoms with Crippen molar-refractivity contribution in [2.24, 2.45) is 17.3 Å². The van der Waals surface area contributed by atoms with Crippen LogP contribution in [0, 0.1) is 17.3 Å². The Labute approximate surface area is 108 Å². The predicted octanol–water partition coefficient (Wildman–Crippen LogP) is 1.85. The van der Waals surface area contributed by atoms with Gasteiger partial charge in [-0.1, -0.05) is 25.2 Å². The summed E-state index contributed by atoms with van der Waals surface area (Å²) in [6.07, 6.45) is 4.84. The van der Waals surface area contributed by atoms with Crippen LogP contribution in [0.15, 0.2) is 23.8 Å². The van der Waals surface area contributed by atoms with Gasteiger partial charge in [0.1, 0.15) is 0 Å². The summed E-state index contributed by atoms with van der Waals surface area (Å²) >= 11 is 0. The number of aliphatic hydroxyl groups is 2. The molecule has 1 fully saturated rings. The third-order valence-corrected chi connectivity index (χ3v) is 4.74. The van der Waals surface area contributed by atoms with Crippen molar-refractivity contribution >= 4 is 5.78 Å². The van der Waals surface area contributed by atoms with E-state index in [1.54, 1.807) is 0 Å². The van der Waals surface area contributed by atoms with Crippen molar-refractivity contribution in [2.75, 3.05) is 13.2 Å². The van der Waals surface area contributed by atoms with Crippen molar-refractivity contribution < 1.29 is 15.0 Å². The number of rotatable bonds is 2. The van der Waals surface area contributed by atoms with Gasteiger partial charge in [0.2, 0.25) is 0 Å². The lowest BCUT2D eigenvalue weighted by atomic mass is 9.51. The fourth-order valence-electron chi connectivity index (χ4n) is 3.34. The molecule has 0 aromatic heterocycles. The Morgan fingerprint density at radius 3 is 2.83 bits per heavy atom. The van der Waals surface area contributed by atoms with Gasteiger partial charge >= 0.3 is 0 Å². The molecule has 3 heteroatoms. The summed E-state index contributed by atoms with van der Waals surface area (Å²) in [5.41, 5.74) is 1.55. The zero-order valence-electron chi connectivity index (χ0n) is 11.0. The highest BCUT2D eigenvalue weighted by atomic mass is 16.3. The third kappa shape index (κ3) is 2.17. The van der Waals surface area contributed by atoms with E-state index in [4.69, 9.17) is 0 Å². The summed E-state index contributed by atoms with van der Waals surface area (Å²) in [5.74, 6) is 0.565. The number of carbonyl (C=O) groups is 1. The lowest BCUT2D eigenvalue weighted by molar-refractivity contribution is -0.123. The quantitative estimate of drug-likeness (QED) is 0.735. The Morgan fingerprint density at radius 1 is 1.50 bits per heavy atom. The zero-order valence-corrected chi connectivity index (χ0v) is 11.0. The maximum atomic E-state index is 12.1. The Kier molecular flexibility index (Phi) is 3.74. The van der Waals surface area contributed by atoms with Gasteiger partial charge in [-0.2, -0.15) is 0 Å². The molecule has 0 heterocycles. The second kappa shape index (κ2) is 4.98. The van der Waals surface area contributed by atoms with Crippen molar-refractivity contribution in [3.8, 4) is 0 Å². The molecule has 2 aliphatic rings. The molecule has 18 heavy (non-hydrogen) atoms. The summed E-state index contributed by atoms with van der Waals surface area (Å²) in [5, 5.41) is 18.7. The standard InChI is InChI=1S/C15H22O3/c1-10-4-3-5-11(8-16)14(18)6-13-12(10)7-15(13,2)9-17/h5,12-13,16-17H,1,3-4,6-9H2,2H3/t12-,13-,15+/m1/s1. The number of hydrogen-bond donors (Lipinski definition) is 2. The summed E-state index contributed by atoms with van der Waals surface area (Å²) in [6.45, 7) is 6.10. The van der Waals surface area contributed by atoms with E-state index in [1.165, 1.54) is 5.57 Å². The first-order valence-corrected chi connectivity index (χ1v) is 6.63. The molecule has 0 spiro atoms. The van der Waals surface area contributed by atoms with E-state index in [9.17, 15) is 15.0 Å². The smallest absolute Gasteiger partial charge is 0.161 e. The zero-order chi connectivity index (χ0) is 13.3. The Morgan fingerprint density at radius 2 is 2.22 bits per heavy atom. The van der Waals surface area contributed by atoms with Crippen molar-refractivity contribution in [1.82, 2.24) is 0 Å². The molecule has 0 radical (unpaired) electrons. The van der Waals surface area contributed by atoms with E-state index in [2.05, 4.69) is 6.58 Å². The minimum absolute atomic E-state index is 0.0292. The molecule has 2 rings (SSSR count). The van der Waals surface area contributed by atoms with E-state index >= 15 is 0 Å². The molecule has 100 valence electrons. The molecule has 1 saturated carbocycles. The summed E-state index contributed by atoms with van der Waals surface area (Å²) in [6, 6.07) is 0. The first-order valence-electron chi connectivity index (χ1n) is 6.63. The van der Waals surface area contributed by atoms with Crippen LogP contribution in [0.1, 0.15) is 32.6 Å². The average Bonchev–Trinajstić information content (AvgIpc) is 2.40. The second-order valence-electron chi connectivity index (χ2n) is 5.94. The number of fused-ring (bicyclic) bond motifs is 1. The first-order chi connectivity index (χ1) is 8.51. The lowest BCUT2D eigenvalue weighted by Crippen LogP contribution is -2.49. The Bertz CT molecular complexity index is 397. The monoisotopic (exact) mass is 250 g/mol. The predicted molar refractivity (Wildman–Crippen MR) is 70.0 cm³/mol.